The number of hydrogen-bond donors (Lipinski definition) is 0. The Bertz CT molecular complexity index is 650. The second-order valence-corrected chi connectivity index (χ2v) is 5.70. The van der Waals surface area contributed by atoms with Gasteiger partial charge in [-0.15, -0.1) is 12.3 Å². The average molecular weight is 353 g/mol. The molecule has 1 atom stereocenters. The van der Waals surface area contributed by atoms with Gasteiger partial charge in [-0.1, -0.05) is 57.1 Å². The van der Waals surface area contributed by atoms with E-state index in [0.717, 1.165) is 31.3 Å². The third-order valence-electron chi connectivity index (χ3n) is 3.68. The molecule has 140 valence electrons. The van der Waals surface area contributed by atoms with E-state index in [1.807, 2.05) is 26.0 Å². The van der Waals surface area contributed by atoms with Crippen molar-refractivity contribution >= 4 is 0 Å². The van der Waals surface area contributed by atoms with Gasteiger partial charge in [-0.25, -0.2) is 0 Å². The second kappa shape index (κ2) is 14.8. The minimum atomic E-state index is -0.558. The summed E-state index contributed by atoms with van der Waals surface area (Å²) in [5.74, 6) is 15.9. The first-order chi connectivity index (χ1) is 12.7. The van der Waals surface area contributed by atoms with Crippen molar-refractivity contribution in [1.82, 2.24) is 0 Å². The number of hydrogen-bond acceptors (Lipinski definition) is 2. The van der Waals surface area contributed by atoms with Crippen molar-refractivity contribution in [3.63, 3.8) is 0 Å². The number of terminal acetylenes is 1. The quantitative estimate of drug-likeness (QED) is 0.274. The summed E-state index contributed by atoms with van der Waals surface area (Å²) in [5, 5.41) is 0. The van der Waals surface area contributed by atoms with Crippen LogP contribution in [0.25, 0.3) is 0 Å². The van der Waals surface area contributed by atoms with E-state index in [0.29, 0.717) is 18.8 Å². The number of allylic oxidation sites excluding steroid dienone is 4. The van der Waals surface area contributed by atoms with E-state index in [4.69, 9.17) is 15.9 Å². The van der Waals surface area contributed by atoms with Crippen LogP contribution in [0, 0.1) is 41.4 Å². The van der Waals surface area contributed by atoms with Gasteiger partial charge in [0.15, 0.2) is 5.76 Å². The van der Waals surface area contributed by atoms with Gasteiger partial charge in [0, 0.05) is 12.8 Å². The first kappa shape index (κ1) is 23.5. The molecule has 0 N–H and O–H groups in total. The molecule has 0 heterocycles. The third-order valence-corrected chi connectivity index (χ3v) is 3.68. The van der Waals surface area contributed by atoms with Crippen molar-refractivity contribution in [2.45, 2.75) is 66.7 Å². The van der Waals surface area contributed by atoms with Crippen LogP contribution in [0.2, 0.25) is 0 Å². The van der Waals surface area contributed by atoms with Crippen molar-refractivity contribution < 1.29 is 9.47 Å². The van der Waals surface area contributed by atoms with Crippen LogP contribution in [-0.2, 0) is 9.47 Å². The van der Waals surface area contributed by atoms with Crippen molar-refractivity contribution in [1.29, 1.82) is 0 Å². The summed E-state index contributed by atoms with van der Waals surface area (Å²) in [5.41, 5.74) is 0.211. The van der Waals surface area contributed by atoms with E-state index < -0.39 is 5.41 Å². The maximum absolute atomic E-state index is 6.01. The lowest BCUT2D eigenvalue weighted by molar-refractivity contribution is 0.205. The molecule has 0 bridgehead atoms. The molecule has 2 nitrogen and oxygen atoms in total. The molecule has 0 aromatic rings. The molecule has 0 radical (unpaired) electrons. The van der Waals surface area contributed by atoms with E-state index in [1.54, 1.807) is 19.4 Å². The monoisotopic (exact) mass is 352 g/mol. The Labute approximate surface area is 160 Å². The first-order valence-electron chi connectivity index (χ1n) is 9.34. The summed E-state index contributed by atoms with van der Waals surface area (Å²) < 4.78 is 11.4. The number of rotatable bonds is 10. The molecular formula is C24H32O2. The van der Waals surface area contributed by atoms with Crippen molar-refractivity contribution in [2.24, 2.45) is 5.41 Å². The molecule has 0 aliphatic carbocycles. The molecule has 0 rings (SSSR count). The normalized spacial score (nSPS) is 13.7. The maximum Gasteiger partial charge on any atom is 0.189 e. The van der Waals surface area contributed by atoms with Gasteiger partial charge in [0.1, 0.15) is 0 Å². The van der Waals surface area contributed by atoms with Gasteiger partial charge >= 0.3 is 0 Å². The zero-order valence-corrected chi connectivity index (χ0v) is 16.9. The Kier molecular flexibility index (Phi) is 13.4. The van der Waals surface area contributed by atoms with Crippen molar-refractivity contribution in [3.05, 3.63) is 36.0 Å². The Morgan fingerprint density at radius 2 is 1.88 bits per heavy atom. The lowest BCUT2D eigenvalue weighted by atomic mass is 9.74. The van der Waals surface area contributed by atoms with Gasteiger partial charge in [-0.3, -0.25) is 0 Å². The fraction of sp³-hybridized carbons (Fsp3) is 0.500. The summed E-state index contributed by atoms with van der Waals surface area (Å²) in [4.78, 5) is 0. The zero-order chi connectivity index (χ0) is 19.7. The Balaban J connectivity index is 6.08. The van der Waals surface area contributed by atoms with Crippen LogP contribution in [-0.4, -0.2) is 6.61 Å². The van der Waals surface area contributed by atoms with Gasteiger partial charge in [0.2, 0.25) is 0 Å². The van der Waals surface area contributed by atoms with Gasteiger partial charge in [0.05, 0.1) is 30.1 Å². The summed E-state index contributed by atoms with van der Waals surface area (Å²) >= 11 is 0. The smallest absolute Gasteiger partial charge is 0.189 e. The molecule has 26 heavy (non-hydrogen) atoms. The highest BCUT2D eigenvalue weighted by atomic mass is 16.5. The highest BCUT2D eigenvalue weighted by molar-refractivity contribution is 5.48. The van der Waals surface area contributed by atoms with Crippen LogP contribution in [0.15, 0.2) is 36.0 Å². The minimum absolute atomic E-state index is 0.522. The third kappa shape index (κ3) is 8.05. The molecule has 2 heteroatoms. The maximum atomic E-state index is 6.01. The largest absolute Gasteiger partial charge is 0.501 e. The van der Waals surface area contributed by atoms with E-state index in [-0.39, 0.29) is 0 Å². The molecule has 0 saturated carbocycles. The summed E-state index contributed by atoms with van der Waals surface area (Å²) in [6.07, 6.45) is 17.2. The van der Waals surface area contributed by atoms with Crippen LogP contribution in [0.3, 0.4) is 0 Å². The molecule has 0 spiro atoms. The fourth-order valence-corrected chi connectivity index (χ4v) is 2.46. The second-order valence-electron chi connectivity index (χ2n) is 5.70. The minimum Gasteiger partial charge on any atom is -0.501 e. The van der Waals surface area contributed by atoms with Crippen LogP contribution >= 0.6 is 0 Å². The highest BCUT2D eigenvalue weighted by Gasteiger charge is 2.34. The molecule has 0 aliphatic heterocycles. The van der Waals surface area contributed by atoms with Crippen molar-refractivity contribution in [3.8, 4) is 36.0 Å². The molecular weight excluding hydrogens is 320 g/mol. The van der Waals surface area contributed by atoms with E-state index in [9.17, 15) is 0 Å². The van der Waals surface area contributed by atoms with Gasteiger partial charge in [-0.2, -0.15) is 0 Å². The SMILES string of the molecule is C#CC(CCC)(CCOC=CCC)C(C#CC)=C(C#CCC)OC=CC. The highest BCUT2D eigenvalue weighted by Crippen LogP contribution is 2.38. The van der Waals surface area contributed by atoms with Gasteiger partial charge < -0.3 is 9.47 Å². The van der Waals surface area contributed by atoms with Crippen LogP contribution in [0.4, 0.5) is 0 Å². The molecule has 0 saturated heterocycles. The lowest BCUT2D eigenvalue weighted by Gasteiger charge is -2.29. The van der Waals surface area contributed by atoms with Gasteiger partial charge in [0.25, 0.3) is 0 Å². The van der Waals surface area contributed by atoms with E-state index >= 15 is 0 Å². The Morgan fingerprint density at radius 1 is 1.12 bits per heavy atom. The van der Waals surface area contributed by atoms with E-state index in [2.05, 4.69) is 43.4 Å². The van der Waals surface area contributed by atoms with Crippen molar-refractivity contribution in [2.75, 3.05) is 6.61 Å². The predicted octanol–water partition coefficient (Wildman–Crippen LogP) is 5.98. The molecule has 0 amide bonds. The summed E-state index contributed by atoms with van der Waals surface area (Å²) in [6, 6.07) is 0. The van der Waals surface area contributed by atoms with Crippen LogP contribution < -0.4 is 0 Å². The molecule has 0 aromatic heterocycles. The average Bonchev–Trinajstić information content (AvgIpc) is 2.66. The summed E-state index contributed by atoms with van der Waals surface area (Å²) in [7, 11) is 0. The van der Waals surface area contributed by atoms with Crippen LogP contribution in [0.1, 0.15) is 66.7 Å². The standard InChI is InChI=1S/C24H32O2/c1-7-13-16-23(26-19-11-5)22(15-9-3)24(12-6,17-10-4)18-21-25-20-14-8-2/h6,11,14,19-20H,7-8,10,17-18,21H2,1-5H3. The van der Waals surface area contributed by atoms with Gasteiger partial charge in [-0.05, 0) is 32.6 Å². The predicted molar refractivity (Wildman–Crippen MR) is 111 cm³/mol. The fourth-order valence-electron chi connectivity index (χ4n) is 2.46. The summed E-state index contributed by atoms with van der Waals surface area (Å²) in [6.45, 7) is 10.4. The lowest BCUT2D eigenvalue weighted by Crippen LogP contribution is -2.24. The zero-order valence-electron chi connectivity index (χ0n) is 16.9. The van der Waals surface area contributed by atoms with Crippen LogP contribution in [0.5, 0.6) is 0 Å². The number of ether oxygens (including phenoxy) is 2. The molecule has 0 aliphatic rings. The molecule has 0 aromatic carbocycles. The first-order valence-corrected chi connectivity index (χ1v) is 9.34. The molecule has 0 fully saturated rings. The topological polar surface area (TPSA) is 18.5 Å². The Morgan fingerprint density at radius 3 is 2.42 bits per heavy atom. The molecule has 1 unspecified atom stereocenters. The Hall–Kier alpha value is -2.50. The van der Waals surface area contributed by atoms with E-state index in [1.165, 1.54) is 0 Å².